The van der Waals surface area contributed by atoms with Gasteiger partial charge in [-0.25, -0.2) is 0 Å². The van der Waals surface area contributed by atoms with Crippen molar-refractivity contribution in [2.75, 3.05) is 5.32 Å². The number of rotatable bonds is 2. The monoisotopic (exact) mass is 228 g/mol. The summed E-state index contributed by atoms with van der Waals surface area (Å²) in [5.74, 6) is 0. The summed E-state index contributed by atoms with van der Waals surface area (Å²) in [6.07, 6.45) is 6.32. The third-order valence-electron chi connectivity index (χ3n) is 3.69. The van der Waals surface area contributed by atoms with Crippen molar-refractivity contribution in [2.45, 2.75) is 51.5 Å². The lowest BCUT2D eigenvalue weighted by Crippen LogP contribution is -2.37. The molecule has 0 bridgehead atoms. The third kappa shape index (κ3) is 2.79. The van der Waals surface area contributed by atoms with Gasteiger partial charge in [0, 0.05) is 5.54 Å². The maximum atomic E-state index is 9.13. The number of benzene rings is 1. The zero-order valence-corrected chi connectivity index (χ0v) is 10.7. The zero-order chi connectivity index (χ0) is 12.3. The maximum absolute atomic E-state index is 9.13. The van der Waals surface area contributed by atoms with Crippen LogP contribution in [0.3, 0.4) is 0 Å². The third-order valence-corrected chi connectivity index (χ3v) is 3.69. The molecule has 1 aliphatic rings. The molecule has 2 heteroatoms. The number of nitrogens with zero attached hydrogens (tertiary/aromatic N) is 1. The van der Waals surface area contributed by atoms with Crippen molar-refractivity contribution in [1.82, 2.24) is 0 Å². The van der Waals surface area contributed by atoms with Crippen molar-refractivity contribution in [3.8, 4) is 6.07 Å². The van der Waals surface area contributed by atoms with Gasteiger partial charge >= 0.3 is 0 Å². The Morgan fingerprint density at radius 1 is 1.24 bits per heavy atom. The summed E-state index contributed by atoms with van der Waals surface area (Å²) in [4.78, 5) is 0. The van der Waals surface area contributed by atoms with Crippen molar-refractivity contribution in [1.29, 1.82) is 5.26 Å². The summed E-state index contributed by atoms with van der Waals surface area (Å²) in [7, 11) is 0. The van der Waals surface area contributed by atoms with Crippen LogP contribution in [0.4, 0.5) is 5.69 Å². The van der Waals surface area contributed by atoms with Crippen molar-refractivity contribution < 1.29 is 0 Å². The van der Waals surface area contributed by atoms with Crippen LogP contribution in [0, 0.1) is 18.3 Å². The highest BCUT2D eigenvalue weighted by molar-refractivity contribution is 5.60. The fourth-order valence-corrected chi connectivity index (χ4v) is 2.64. The average molecular weight is 228 g/mol. The molecule has 0 radical (unpaired) electrons. The molecule has 2 nitrogen and oxygen atoms in total. The molecule has 0 unspecified atom stereocenters. The van der Waals surface area contributed by atoms with E-state index in [1.165, 1.54) is 37.7 Å². The van der Waals surface area contributed by atoms with E-state index >= 15 is 0 Å². The van der Waals surface area contributed by atoms with Gasteiger partial charge in [-0.3, -0.25) is 0 Å². The quantitative estimate of drug-likeness (QED) is 0.830. The van der Waals surface area contributed by atoms with E-state index in [9.17, 15) is 0 Å². The summed E-state index contributed by atoms with van der Waals surface area (Å²) in [5.41, 5.74) is 3.11. The number of nitriles is 1. The van der Waals surface area contributed by atoms with Crippen molar-refractivity contribution in [2.24, 2.45) is 0 Å². The second-order valence-corrected chi connectivity index (χ2v) is 5.41. The molecule has 2 rings (SSSR count). The van der Waals surface area contributed by atoms with E-state index in [4.69, 9.17) is 5.26 Å². The second kappa shape index (κ2) is 4.79. The first kappa shape index (κ1) is 12.0. The van der Waals surface area contributed by atoms with Crippen LogP contribution in [-0.2, 0) is 0 Å². The summed E-state index contributed by atoms with van der Waals surface area (Å²) in [5, 5.41) is 12.7. The molecule has 17 heavy (non-hydrogen) atoms. The Hall–Kier alpha value is -1.49. The zero-order valence-electron chi connectivity index (χ0n) is 10.7. The lowest BCUT2D eigenvalue weighted by atomic mass is 9.83. The first-order valence-corrected chi connectivity index (χ1v) is 6.42. The standard InChI is InChI=1S/C15H20N2/c1-12-6-7-13(11-16)14(10-12)17-15(2)8-4-3-5-9-15/h6-7,10,17H,3-5,8-9H2,1-2H3. The van der Waals surface area contributed by atoms with Crippen LogP contribution >= 0.6 is 0 Å². The minimum absolute atomic E-state index is 0.164. The van der Waals surface area contributed by atoms with E-state index < -0.39 is 0 Å². The SMILES string of the molecule is Cc1ccc(C#N)c(NC2(C)CCCCC2)c1. The lowest BCUT2D eigenvalue weighted by Gasteiger charge is -2.36. The van der Waals surface area contributed by atoms with Crippen LogP contribution in [0.15, 0.2) is 18.2 Å². The fraction of sp³-hybridized carbons (Fsp3) is 0.533. The van der Waals surface area contributed by atoms with Crippen molar-refractivity contribution in [3.05, 3.63) is 29.3 Å². The molecule has 90 valence electrons. The molecule has 0 atom stereocenters. The molecule has 0 heterocycles. The summed E-state index contributed by atoms with van der Waals surface area (Å²) in [6.45, 7) is 4.34. The summed E-state index contributed by atoms with van der Waals surface area (Å²) in [6, 6.07) is 8.25. The Labute approximate surface area is 104 Å². The molecule has 1 aliphatic carbocycles. The predicted molar refractivity (Wildman–Crippen MR) is 71.0 cm³/mol. The van der Waals surface area contributed by atoms with E-state index in [1.807, 2.05) is 12.1 Å². The van der Waals surface area contributed by atoms with Crippen LogP contribution in [0.1, 0.15) is 50.2 Å². The van der Waals surface area contributed by atoms with Gasteiger partial charge in [0.25, 0.3) is 0 Å². The first-order chi connectivity index (χ1) is 8.13. The van der Waals surface area contributed by atoms with E-state index in [0.717, 1.165) is 11.3 Å². The molecular weight excluding hydrogens is 208 g/mol. The normalized spacial score (nSPS) is 18.4. The summed E-state index contributed by atoms with van der Waals surface area (Å²) < 4.78 is 0. The van der Waals surface area contributed by atoms with Crippen molar-refractivity contribution >= 4 is 5.69 Å². The molecule has 0 aliphatic heterocycles. The molecule has 0 amide bonds. The topological polar surface area (TPSA) is 35.8 Å². The Balaban J connectivity index is 2.22. The van der Waals surface area contributed by atoms with Crippen LogP contribution in [0.25, 0.3) is 0 Å². The predicted octanol–water partition coefficient (Wildman–Crippen LogP) is 4.00. The van der Waals surface area contributed by atoms with Gasteiger partial charge in [0.1, 0.15) is 6.07 Å². The number of hydrogen-bond donors (Lipinski definition) is 1. The minimum atomic E-state index is 0.164. The number of hydrogen-bond acceptors (Lipinski definition) is 2. The highest BCUT2D eigenvalue weighted by atomic mass is 15.0. The first-order valence-electron chi connectivity index (χ1n) is 6.42. The van der Waals surface area contributed by atoms with Crippen LogP contribution < -0.4 is 5.32 Å². The Bertz CT molecular complexity index is 437. The number of anilines is 1. The maximum Gasteiger partial charge on any atom is 0.101 e. The van der Waals surface area contributed by atoms with Crippen LogP contribution in [0.5, 0.6) is 0 Å². The average Bonchev–Trinajstić information content (AvgIpc) is 2.29. The van der Waals surface area contributed by atoms with Gasteiger partial charge < -0.3 is 5.32 Å². The van der Waals surface area contributed by atoms with Gasteiger partial charge in [-0.2, -0.15) is 5.26 Å². The van der Waals surface area contributed by atoms with Crippen molar-refractivity contribution in [3.63, 3.8) is 0 Å². The molecule has 0 saturated heterocycles. The van der Waals surface area contributed by atoms with Gasteiger partial charge in [0.2, 0.25) is 0 Å². The van der Waals surface area contributed by atoms with Crippen LogP contribution in [-0.4, -0.2) is 5.54 Å². The number of aryl methyl sites for hydroxylation is 1. The highest BCUT2D eigenvalue weighted by Gasteiger charge is 2.26. The fourth-order valence-electron chi connectivity index (χ4n) is 2.64. The van der Waals surface area contributed by atoms with Crippen LogP contribution in [0.2, 0.25) is 0 Å². The molecule has 1 N–H and O–H groups in total. The summed E-state index contributed by atoms with van der Waals surface area (Å²) >= 11 is 0. The Kier molecular flexibility index (Phi) is 3.38. The molecule has 0 aromatic heterocycles. The lowest BCUT2D eigenvalue weighted by molar-refractivity contribution is 0.349. The smallest absolute Gasteiger partial charge is 0.101 e. The molecule has 1 aromatic carbocycles. The van der Waals surface area contributed by atoms with Gasteiger partial charge in [0.05, 0.1) is 11.3 Å². The van der Waals surface area contributed by atoms with Gasteiger partial charge in [-0.05, 0) is 44.4 Å². The second-order valence-electron chi connectivity index (χ2n) is 5.41. The molecule has 1 saturated carbocycles. The largest absolute Gasteiger partial charge is 0.379 e. The van der Waals surface area contributed by atoms with Gasteiger partial charge in [0.15, 0.2) is 0 Å². The van der Waals surface area contributed by atoms with E-state index in [0.29, 0.717) is 0 Å². The van der Waals surface area contributed by atoms with Gasteiger partial charge in [-0.1, -0.05) is 25.3 Å². The van der Waals surface area contributed by atoms with E-state index in [-0.39, 0.29) is 5.54 Å². The van der Waals surface area contributed by atoms with Gasteiger partial charge in [-0.15, -0.1) is 0 Å². The molecular formula is C15H20N2. The van der Waals surface area contributed by atoms with E-state index in [1.54, 1.807) is 0 Å². The molecule has 1 aromatic rings. The Morgan fingerprint density at radius 3 is 2.59 bits per heavy atom. The Morgan fingerprint density at radius 2 is 1.94 bits per heavy atom. The molecule has 1 fully saturated rings. The molecule has 0 spiro atoms. The minimum Gasteiger partial charge on any atom is -0.379 e. The highest BCUT2D eigenvalue weighted by Crippen LogP contribution is 2.32. The van der Waals surface area contributed by atoms with E-state index in [2.05, 4.69) is 31.3 Å². The number of nitrogens with one attached hydrogen (secondary N) is 1.